The first kappa shape index (κ1) is 17.6. The number of ether oxygens (including phenoxy) is 2. The van der Waals surface area contributed by atoms with Crippen molar-refractivity contribution in [1.29, 1.82) is 0 Å². The fraction of sp³-hybridized carbons (Fsp3) is 0.211. The van der Waals surface area contributed by atoms with Crippen LogP contribution in [-0.4, -0.2) is 40.9 Å². The quantitative estimate of drug-likeness (QED) is 0.633. The van der Waals surface area contributed by atoms with Gasteiger partial charge in [-0.2, -0.15) is 0 Å². The Labute approximate surface area is 149 Å². The van der Waals surface area contributed by atoms with Gasteiger partial charge in [-0.05, 0) is 37.3 Å². The summed E-state index contributed by atoms with van der Waals surface area (Å²) in [5, 5.41) is 9.29. The first-order valence-electron chi connectivity index (χ1n) is 8.17. The Morgan fingerprint density at radius 2 is 2.00 bits per heavy atom. The number of para-hydroxylation sites is 1. The molecule has 0 amide bonds. The summed E-state index contributed by atoms with van der Waals surface area (Å²) in [6, 6.07) is 11.5. The molecule has 1 aromatic heterocycles. The van der Waals surface area contributed by atoms with Crippen LogP contribution >= 0.6 is 0 Å². The summed E-state index contributed by atoms with van der Waals surface area (Å²) < 4.78 is 11.0. The molecule has 0 saturated heterocycles. The molecule has 0 aliphatic heterocycles. The smallest absolute Gasteiger partial charge is 0.335 e. The molecule has 0 bridgehead atoms. The number of aromatic amines is 1. The second-order valence-electron chi connectivity index (χ2n) is 5.49. The number of carboxylic acid groups (broad SMARTS) is 1. The minimum atomic E-state index is -1.09. The van der Waals surface area contributed by atoms with Gasteiger partial charge in [0, 0.05) is 6.61 Å². The lowest BCUT2D eigenvalue weighted by Gasteiger charge is -2.11. The monoisotopic (exact) mass is 354 g/mol. The zero-order valence-corrected chi connectivity index (χ0v) is 14.2. The van der Waals surface area contributed by atoms with Crippen LogP contribution in [0.15, 0.2) is 47.3 Å². The molecule has 0 spiro atoms. The molecule has 26 heavy (non-hydrogen) atoms. The van der Waals surface area contributed by atoms with E-state index in [1.54, 1.807) is 12.1 Å². The minimum Gasteiger partial charge on any atom is -0.490 e. The Morgan fingerprint density at radius 3 is 2.77 bits per heavy atom. The summed E-state index contributed by atoms with van der Waals surface area (Å²) >= 11 is 0. The number of carbonyl (C=O) groups is 1. The van der Waals surface area contributed by atoms with Crippen molar-refractivity contribution in [3.8, 4) is 17.1 Å². The van der Waals surface area contributed by atoms with Crippen LogP contribution in [0, 0.1) is 0 Å². The third kappa shape index (κ3) is 3.73. The third-order valence-corrected chi connectivity index (χ3v) is 3.78. The van der Waals surface area contributed by atoms with Crippen LogP contribution < -0.4 is 10.3 Å². The molecule has 7 nitrogen and oxygen atoms in total. The molecule has 0 atom stereocenters. The van der Waals surface area contributed by atoms with Crippen LogP contribution in [0.4, 0.5) is 0 Å². The number of carboxylic acids is 1. The molecule has 3 rings (SSSR count). The number of nitrogens with one attached hydrogen (secondary N) is 1. The Balaban J connectivity index is 2.00. The van der Waals surface area contributed by atoms with Crippen molar-refractivity contribution in [2.24, 2.45) is 0 Å². The molecule has 3 aromatic rings. The molecule has 134 valence electrons. The number of rotatable bonds is 7. The second-order valence-corrected chi connectivity index (χ2v) is 5.49. The van der Waals surface area contributed by atoms with Crippen molar-refractivity contribution in [3.63, 3.8) is 0 Å². The number of nitrogens with zero attached hydrogens (tertiary/aromatic N) is 1. The highest BCUT2D eigenvalue weighted by Gasteiger charge is 2.12. The maximum absolute atomic E-state index is 12.4. The first-order valence-corrected chi connectivity index (χ1v) is 8.17. The Morgan fingerprint density at radius 1 is 1.19 bits per heavy atom. The average Bonchev–Trinajstić information content (AvgIpc) is 2.65. The van der Waals surface area contributed by atoms with E-state index >= 15 is 0 Å². The molecule has 7 heteroatoms. The molecule has 2 N–H and O–H groups in total. The number of aromatic carboxylic acids is 1. The van der Waals surface area contributed by atoms with E-state index < -0.39 is 11.5 Å². The SMILES string of the molecule is CCOCCOc1ccccc1-c1nc2ccc(C(=O)O)cc2c(=O)[nH]1. The number of hydrogen-bond donors (Lipinski definition) is 2. The summed E-state index contributed by atoms with van der Waals surface area (Å²) in [7, 11) is 0. The van der Waals surface area contributed by atoms with Crippen molar-refractivity contribution in [3.05, 3.63) is 58.4 Å². The summed E-state index contributed by atoms with van der Waals surface area (Å²) in [6.45, 7) is 3.37. The molecular formula is C19H18N2O5. The Kier molecular flexibility index (Phi) is 5.28. The van der Waals surface area contributed by atoms with Crippen molar-refractivity contribution in [2.45, 2.75) is 6.92 Å². The normalized spacial score (nSPS) is 10.8. The number of hydrogen-bond acceptors (Lipinski definition) is 5. The highest BCUT2D eigenvalue weighted by atomic mass is 16.5. The van der Waals surface area contributed by atoms with Crippen molar-refractivity contribution in [2.75, 3.05) is 19.8 Å². The number of benzene rings is 2. The molecule has 0 aliphatic carbocycles. The maximum atomic E-state index is 12.4. The number of fused-ring (bicyclic) bond motifs is 1. The van der Waals surface area contributed by atoms with Crippen LogP contribution in [0.1, 0.15) is 17.3 Å². The van der Waals surface area contributed by atoms with E-state index in [9.17, 15) is 9.59 Å². The predicted octanol–water partition coefficient (Wildman–Crippen LogP) is 2.70. The fourth-order valence-corrected chi connectivity index (χ4v) is 2.54. The summed E-state index contributed by atoms with van der Waals surface area (Å²) in [5.74, 6) is -0.155. The maximum Gasteiger partial charge on any atom is 0.335 e. The third-order valence-electron chi connectivity index (χ3n) is 3.78. The zero-order valence-electron chi connectivity index (χ0n) is 14.2. The molecular weight excluding hydrogens is 336 g/mol. The topological polar surface area (TPSA) is 102 Å². The van der Waals surface area contributed by atoms with Crippen LogP contribution in [0.25, 0.3) is 22.3 Å². The van der Waals surface area contributed by atoms with Crippen LogP contribution in [-0.2, 0) is 4.74 Å². The number of aromatic nitrogens is 2. The lowest BCUT2D eigenvalue weighted by molar-refractivity contribution is 0.0697. The van der Waals surface area contributed by atoms with Crippen molar-refractivity contribution in [1.82, 2.24) is 9.97 Å². The van der Waals surface area contributed by atoms with Gasteiger partial charge in [0.25, 0.3) is 5.56 Å². The van der Waals surface area contributed by atoms with Gasteiger partial charge in [-0.25, -0.2) is 9.78 Å². The van der Waals surface area contributed by atoms with Gasteiger partial charge in [0.2, 0.25) is 0 Å². The second kappa shape index (κ2) is 7.79. The standard InChI is InChI=1S/C19H18N2O5/c1-2-25-9-10-26-16-6-4-3-5-13(16)17-20-15-8-7-12(19(23)24)11-14(15)18(22)21-17/h3-8,11H,2,9-10H2,1H3,(H,23,24)(H,20,21,22). The van der Waals surface area contributed by atoms with E-state index in [1.165, 1.54) is 18.2 Å². The molecule has 0 aliphatic rings. The Bertz CT molecular complexity index is 997. The van der Waals surface area contributed by atoms with Gasteiger partial charge >= 0.3 is 5.97 Å². The molecule has 0 fully saturated rings. The van der Waals surface area contributed by atoms with E-state index in [0.29, 0.717) is 42.5 Å². The summed E-state index contributed by atoms with van der Waals surface area (Å²) in [6.07, 6.45) is 0. The van der Waals surface area contributed by atoms with Gasteiger partial charge in [-0.3, -0.25) is 4.79 Å². The van der Waals surface area contributed by atoms with E-state index in [0.717, 1.165) is 0 Å². The van der Waals surface area contributed by atoms with Gasteiger partial charge < -0.3 is 19.6 Å². The van der Waals surface area contributed by atoms with Gasteiger partial charge in [0.1, 0.15) is 18.2 Å². The summed E-state index contributed by atoms with van der Waals surface area (Å²) in [4.78, 5) is 30.6. The lowest BCUT2D eigenvalue weighted by Crippen LogP contribution is -2.12. The van der Waals surface area contributed by atoms with Crippen LogP contribution in [0.3, 0.4) is 0 Å². The summed E-state index contributed by atoms with van der Waals surface area (Å²) in [5.41, 5.74) is 0.692. The molecule has 2 aromatic carbocycles. The van der Waals surface area contributed by atoms with Gasteiger partial charge in [0.15, 0.2) is 0 Å². The minimum absolute atomic E-state index is 0.0391. The van der Waals surface area contributed by atoms with E-state index in [1.807, 2.05) is 19.1 Å². The van der Waals surface area contributed by atoms with Gasteiger partial charge in [-0.1, -0.05) is 12.1 Å². The van der Waals surface area contributed by atoms with E-state index in [4.69, 9.17) is 14.6 Å². The predicted molar refractivity (Wildman–Crippen MR) is 96.7 cm³/mol. The largest absolute Gasteiger partial charge is 0.490 e. The molecule has 0 saturated carbocycles. The fourth-order valence-electron chi connectivity index (χ4n) is 2.54. The van der Waals surface area contributed by atoms with Crippen LogP contribution in [0.2, 0.25) is 0 Å². The molecule has 1 heterocycles. The molecule has 0 radical (unpaired) electrons. The van der Waals surface area contributed by atoms with Crippen molar-refractivity contribution < 1.29 is 19.4 Å². The van der Waals surface area contributed by atoms with E-state index in [-0.39, 0.29) is 10.9 Å². The van der Waals surface area contributed by atoms with Gasteiger partial charge in [0.05, 0.1) is 28.6 Å². The average molecular weight is 354 g/mol. The highest BCUT2D eigenvalue weighted by molar-refractivity contribution is 5.93. The highest BCUT2D eigenvalue weighted by Crippen LogP contribution is 2.27. The van der Waals surface area contributed by atoms with Gasteiger partial charge in [-0.15, -0.1) is 0 Å². The van der Waals surface area contributed by atoms with Crippen LogP contribution in [0.5, 0.6) is 5.75 Å². The van der Waals surface area contributed by atoms with Crippen molar-refractivity contribution >= 4 is 16.9 Å². The first-order chi connectivity index (χ1) is 12.6. The zero-order chi connectivity index (χ0) is 18.5. The number of H-pyrrole nitrogens is 1. The Hall–Kier alpha value is -3.19. The molecule has 0 unspecified atom stereocenters. The van der Waals surface area contributed by atoms with E-state index in [2.05, 4.69) is 9.97 Å². The lowest BCUT2D eigenvalue weighted by atomic mass is 10.1.